The van der Waals surface area contributed by atoms with Gasteiger partial charge in [-0.1, -0.05) is 12.1 Å². The lowest BCUT2D eigenvalue weighted by molar-refractivity contribution is -0.117. The van der Waals surface area contributed by atoms with Crippen LogP contribution in [-0.2, 0) is 9.59 Å². The zero-order chi connectivity index (χ0) is 26.2. The largest absolute Gasteiger partial charge is 0.347 e. The van der Waals surface area contributed by atoms with Gasteiger partial charge in [0.1, 0.15) is 0 Å². The minimum atomic E-state index is -0.364. The molecule has 2 rings (SSSR count). The molecule has 8 nitrogen and oxygen atoms in total. The lowest BCUT2D eigenvalue weighted by atomic mass is 10.1. The summed E-state index contributed by atoms with van der Waals surface area (Å²) in [5, 5.41) is 11.3. The van der Waals surface area contributed by atoms with E-state index in [-0.39, 0.29) is 47.5 Å². The quantitative estimate of drug-likeness (QED) is 0.445. The highest BCUT2D eigenvalue weighted by Gasteiger charge is 2.17. The highest BCUT2D eigenvalue weighted by molar-refractivity contribution is 5.98. The second-order valence-electron chi connectivity index (χ2n) is 10.5. The number of hydrogen-bond acceptors (Lipinski definition) is 4. The molecule has 35 heavy (non-hydrogen) atoms. The van der Waals surface area contributed by atoms with E-state index < -0.39 is 0 Å². The van der Waals surface area contributed by atoms with Crippen LogP contribution in [0, 0.1) is 0 Å². The summed E-state index contributed by atoms with van der Waals surface area (Å²) in [6.07, 6.45) is 0.659. The number of benzene rings is 2. The van der Waals surface area contributed by atoms with Crippen LogP contribution >= 0.6 is 0 Å². The minimum Gasteiger partial charge on any atom is -0.347 e. The Balaban J connectivity index is 1.82. The van der Waals surface area contributed by atoms with Crippen LogP contribution in [0.4, 0.5) is 11.4 Å². The van der Waals surface area contributed by atoms with E-state index >= 15 is 0 Å². The van der Waals surface area contributed by atoms with Crippen LogP contribution in [0.3, 0.4) is 0 Å². The Morgan fingerprint density at radius 3 is 1.34 bits per heavy atom. The van der Waals surface area contributed by atoms with E-state index in [1.54, 1.807) is 48.5 Å². The molecule has 0 aliphatic carbocycles. The number of amides is 4. The van der Waals surface area contributed by atoms with Crippen molar-refractivity contribution >= 4 is 35.0 Å². The molecule has 0 aromatic heterocycles. The Bertz CT molecular complexity index is 996. The van der Waals surface area contributed by atoms with Crippen molar-refractivity contribution in [3.05, 3.63) is 59.7 Å². The summed E-state index contributed by atoms with van der Waals surface area (Å²) >= 11 is 0. The van der Waals surface area contributed by atoms with Gasteiger partial charge in [0.05, 0.1) is 0 Å². The first-order chi connectivity index (χ1) is 16.2. The molecule has 4 amide bonds. The first-order valence-electron chi connectivity index (χ1n) is 11.7. The molecule has 0 heterocycles. The molecule has 2 aromatic carbocycles. The Morgan fingerprint density at radius 2 is 1.00 bits per heavy atom. The maximum absolute atomic E-state index is 12.3. The van der Waals surface area contributed by atoms with Crippen LogP contribution in [0.15, 0.2) is 48.5 Å². The van der Waals surface area contributed by atoms with Gasteiger partial charge in [-0.15, -0.1) is 0 Å². The summed E-state index contributed by atoms with van der Waals surface area (Å²) < 4.78 is 0. The van der Waals surface area contributed by atoms with Gasteiger partial charge in [0.2, 0.25) is 11.8 Å². The third-order valence-electron chi connectivity index (χ3n) is 4.60. The summed E-state index contributed by atoms with van der Waals surface area (Å²) in [5.41, 5.74) is 1.22. The number of rotatable bonds is 8. The Kier molecular flexibility index (Phi) is 9.17. The molecular formula is C27H36N4O4. The molecule has 188 valence electrons. The molecule has 0 unspecified atom stereocenters. The van der Waals surface area contributed by atoms with E-state index in [0.717, 1.165) is 0 Å². The normalized spacial score (nSPS) is 11.4. The van der Waals surface area contributed by atoms with E-state index in [0.29, 0.717) is 28.9 Å². The van der Waals surface area contributed by atoms with E-state index in [9.17, 15) is 19.2 Å². The molecule has 4 N–H and O–H groups in total. The molecule has 0 bridgehead atoms. The first-order valence-corrected chi connectivity index (χ1v) is 11.7. The van der Waals surface area contributed by atoms with Crippen molar-refractivity contribution in [2.75, 3.05) is 10.6 Å². The van der Waals surface area contributed by atoms with Crippen LogP contribution in [0.2, 0.25) is 0 Å². The molecular weight excluding hydrogens is 444 g/mol. The molecule has 0 spiro atoms. The number of hydrogen-bond donors (Lipinski definition) is 4. The van der Waals surface area contributed by atoms with Crippen molar-refractivity contribution in [1.82, 2.24) is 10.6 Å². The molecule has 0 aliphatic rings. The lowest BCUT2D eigenvalue weighted by Crippen LogP contribution is -2.40. The Labute approximate surface area is 207 Å². The highest BCUT2D eigenvalue weighted by Crippen LogP contribution is 2.15. The molecule has 0 aliphatic heterocycles. The lowest BCUT2D eigenvalue weighted by Gasteiger charge is -2.20. The SMILES string of the molecule is CC(C)(C)NC(=O)c1cccc(NC(=O)CCCC(=O)Nc2cccc(C(=O)NC(C)(C)C)c2)c1. The van der Waals surface area contributed by atoms with Gasteiger partial charge in [0.15, 0.2) is 0 Å². The number of anilines is 2. The maximum atomic E-state index is 12.3. The molecule has 8 heteroatoms. The summed E-state index contributed by atoms with van der Waals surface area (Å²) in [5.74, 6) is -0.922. The van der Waals surface area contributed by atoms with Crippen molar-refractivity contribution in [3.63, 3.8) is 0 Å². The van der Waals surface area contributed by atoms with Gasteiger partial charge < -0.3 is 21.3 Å². The van der Waals surface area contributed by atoms with Crippen LogP contribution in [0.5, 0.6) is 0 Å². The van der Waals surface area contributed by atoms with Gasteiger partial charge in [-0.25, -0.2) is 0 Å². The number of carbonyl (C=O) groups is 4. The third kappa shape index (κ3) is 10.4. The van der Waals surface area contributed by atoms with Gasteiger partial charge in [-0.05, 0) is 84.4 Å². The standard InChI is InChI=1S/C27H36N4O4/c1-26(2,3)30-24(34)18-10-7-12-20(16-18)28-22(32)14-9-15-23(33)29-21-13-8-11-19(17-21)25(35)31-27(4,5)6/h7-8,10-13,16-17H,9,14-15H2,1-6H3,(H,28,32)(H,29,33)(H,30,34)(H,31,35). The molecule has 0 saturated carbocycles. The third-order valence-corrected chi connectivity index (χ3v) is 4.60. The van der Waals surface area contributed by atoms with Crippen LogP contribution in [0.1, 0.15) is 81.5 Å². The molecule has 0 fully saturated rings. The summed E-state index contributed by atoms with van der Waals surface area (Å²) in [6, 6.07) is 13.4. The fraction of sp³-hybridized carbons (Fsp3) is 0.407. The predicted octanol–water partition coefficient (Wildman–Crippen LogP) is 4.49. The van der Waals surface area contributed by atoms with Crippen molar-refractivity contribution < 1.29 is 19.2 Å². The van der Waals surface area contributed by atoms with Gasteiger partial charge in [-0.2, -0.15) is 0 Å². The summed E-state index contributed by atoms with van der Waals surface area (Å²) in [7, 11) is 0. The van der Waals surface area contributed by atoms with E-state index in [2.05, 4.69) is 21.3 Å². The van der Waals surface area contributed by atoms with Gasteiger partial charge in [-0.3, -0.25) is 19.2 Å². The topological polar surface area (TPSA) is 116 Å². The second-order valence-corrected chi connectivity index (χ2v) is 10.5. The zero-order valence-electron chi connectivity index (χ0n) is 21.4. The zero-order valence-corrected chi connectivity index (χ0v) is 21.4. The van der Waals surface area contributed by atoms with Crippen molar-refractivity contribution in [1.29, 1.82) is 0 Å². The molecule has 2 aromatic rings. The van der Waals surface area contributed by atoms with E-state index in [4.69, 9.17) is 0 Å². The first kappa shape index (κ1) is 27.6. The van der Waals surface area contributed by atoms with Gasteiger partial charge in [0, 0.05) is 46.4 Å². The number of nitrogens with one attached hydrogen (secondary N) is 4. The van der Waals surface area contributed by atoms with E-state index in [1.807, 2.05) is 41.5 Å². The minimum absolute atomic E-state index is 0.153. The average molecular weight is 481 g/mol. The van der Waals surface area contributed by atoms with Crippen molar-refractivity contribution in [2.45, 2.75) is 71.9 Å². The number of carbonyl (C=O) groups excluding carboxylic acids is 4. The Hall–Kier alpha value is -3.68. The monoisotopic (exact) mass is 480 g/mol. The van der Waals surface area contributed by atoms with Crippen LogP contribution in [0.25, 0.3) is 0 Å². The summed E-state index contributed by atoms with van der Waals surface area (Å²) in [6.45, 7) is 11.4. The van der Waals surface area contributed by atoms with Gasteiger partial charge >= 0.3 is 0 Å². The van der Waals surface area contributed by atoms with Crippen LogP contribution in [-0.4, -0.2) is 34.7 Å². The van der Waals surface area contributed by atoms with Crippen LogP contribution < -0.4 is 21.3 Å². The smallest absolute Gasteiger partial charge is 0.251 e. The fourth-order valence-corrected chi connectivity index (χ4v) is 3.16. The average Bonchev–Trinajstić information content (AvgIpc) is 2.71. The molecule has 0 atom stereocenters. The summed E-state index contributed by atoms with van der Waals surface area (Å²) in [4.78, 5) is 49.3. The fourth-order valence-electron chi connectivity index (χ4n) is 3.16. The molecule has 0 saturated heterocycles. The second kappa shape index (κ2) is 11.6. The van der Waals surface area contributed by atoms with Gasteiger partial charge in [0.25, 0.3) is 11.8 Å². The predicted molar refractivity (Wildman–Crippen MR) is 138 cm³/mol. The van der Waals surface area contributed by atoms with Crippen molar-refractivity contribution in [2.24, 2.45) is 0 Å². The molecule has 0 radical (unpaired) electrons. The highest BCUT2D eigenvalue weighted by atomic mass is 16.2. The Morgan fingerprint density at radius 1 is 0.629 bits per heavy atom. The maximum Gasteiger partial charge on any atom is 0.251 e. The van der Waals surface area contributed by atoms with Crippen molar-refractivity contribution in [3.8, 4) is 0 Å². The van der Waals surface area contributed by atoms with E-state index in [1.165, 1.54) is 0 Å².